The van der Waals surface area contributed by atoms with Gasteiger partial charge in [0.2, 0.25) is 0 Å². The molecule has 0 N–H and O–H groups in total. The molecule has 0 radical (unpaired) electrons. The second-order valence-corrected chi connectivity index (χ2v) is 4.39. The molecule has 2 rings (SSSR count). The first-order valence-corrected chi connectivity index (χ1v) is 5.97. The molecule has 2 heterocycles. The molecule has 0 bridgehead atoms. The zero-order valence-electron chi connectivity index (χ0n) is 10.0. The fourth-order valence-electron chi connectivity index (χ4n) is 1.97. The van der Waals surface area contributed by atoms with E-state index in [4.69, 9.17) is 21.1 Å². The summed E-state index contributed by atoms with van der Waals surface area (Å²) in [4.78, 5) is 10.1. The van der Waals surface area contributed by atoms with E-state index in [0.717, 1.165) is 26.0 Å². The van der Waals surface area contributed by atoms with Crippen molar-refractivity contribution in [2.45, 2.75) is 18.9 Å². The van der Waals surface area contributed by atoms with Crippen LogP contribution in [0.25, 0.3) is 0 Å². The number of likely N-dealkylation sites (N-methyl/N-ethyl adjacent to an activating group) is 1. The van der Waals surface area contributed by atoms with E-state index in [1.165, 1.54) is 6.33 Å². The Hall–Kier alpha value is -1.07. The molecule has 17 heavy (non-hydrogen) atoms. The molecule has 5 nitrogen and oxygen atoms in total. The summed E-state index contributed by atoms with van der Waals surface area (Å²) in [6, 6.07) is 0. The summed E-state index contributed by atoms with van der Waals surface area (Å²) in [7, 11) is 3.51. The Kier molecular flexibility index (Phi) is 4.02. The fraction of sp³-hybridized carbons (Fsp3) is 0.636. The van der Waals surface area contributed by atoms with Crippen LogP contribution in [0.3, 0.4) is 0 Å². The molecule has 1 unspecified atom stereocenters. The van der Waals surface area contributed by atoms with Crippen molar-refractivity contribution >= 4 is 17.4 Å². The molecule has 1 fully saturated rings. The van der Waals surface area contributed by atoms with Crippen molar-refractivity contribution in [1.29, 1.82) is 0 Å². The average molecular weight is 258 g/mol. The van der Waals surface area contributed by atoms with Gasteiger partial charge in [0, 0.05) is 20.2 Å². The molecule has 1 saturated heterocycles. The third kappa shape index (κ3) is 2.79. The van der Waals surface area contributed by atoms with E-state index in [-0.39, 0.29) is 6.10 Å². The monoisotopic (exact) mass is 257 g/mol. The molecule has 0 amide bonds. The van der Waals surface area contributed by atoms with Gasteiger partial charge in [-0.05, 0) is 12.8 Å². The first kappa shape index (κ1) is 12.4. The van der Waals surface area contributed by atoms with Crippen molar-refractivity contribution < 1.29 is 9.47 Å². The molecule has 0 saturated carbocycles. The van der Waals surface area contributed by atoms with Crippen LogP contribution in [0, 0.1) is 0 Å². The quantitative estimate of drug-likeness (QED) is 0.769. The van der Waals surface area contributed by atoms with Crippen LogP contribution in [0.5, 0.6) is 5.75 Å². The maximum atomic E-state index is 5.96. The summed E-state index contributed by atoms with van der Waals surface area (Å²) in [6.45, 7) is 1.63. The van der Waals surface area contributed by atoms with Gasteiger partial charge >= 0.3 is 0 Å². The van der Waals surface area contributed by atoms with Crippen LogP contribution in [0.2, 0.25) is 5.15 Å². The van der Waals surface area contributed by atoms with Gasteiger partial charge in [0.05, 0.1) is 13.2 Å². The molecule has 1 aliphatic rings. The first-order valence-electron chi connectivity index (χ1n) is 5.59. The molecule has 1 aliphatic heterocycles. The third-order valence-corrected chi connectivity index (χ3v) is 3.08. The normalized spacial score (nSPS) is 19.4. The Labute approximate surface area is 106 Å². The molecule has 1 atom stereocenters. The van der Waals surface area contributed by atoms with Crippen molar-refractivity contribution in [3.8, 4) is 5.75 Å². The highest BCUT2D eigenvalue weighted by molar-refractivity contribution is 6.31. The topological polar surface area (TPSA) is 47.5 Å². The van der Waals surface area contributed by atoms with Gasteiger partial charge in [0.25, 0.3) is 0 Å². The van der Waals surface area contributed by atoms with E-state index < -0.39 is 0 Å². The number of hydrogen-bond donors (Lipinski definition) is 0. The largest absolute Gasteiger partial charge is 0.490 e. The standard InChI is InChI=1S/C11H16ClN3O2/c1-15(6-8-4-3-5-17-8)11-9(16-2)10(12)13-7-14-11/h7-8H,3-6H2,1-2H3. The number of anilines is 1. The maximum absolute atomic E-state index is 5.96. The van der Waals surface area contributed by atoms with Crippen molar-refractivity contribution in [2.75, 3.05) is 32.2 Å². The molecule has 94 valence electrons. The fourth-order valence-corrected chi connectivity index (χ4v) is 2.18. The number of aromatic nitrogens is 2. The van der Waals surface area contributed by atoms with Crippen molar-refractivity contribution in [3.05, 3.63) is 11.5 Å². The average Bonchev–Trinajstić information content (AvgIpc) is 2.81. The van der Waals surface area contributed by atoms with E-state index in [1.54, 1.807) is 7.11 Å². The highest BCUT2D eigenvalue weighted by Crippen LogP contribution is 2.31. The molecule has 0 spiro atoms. The summed E-state index contributed by atoms with van der Waals surface area (Å²) in [6.07, 6.45) is 3.91. The van der Waals surface area contributed by atoms with Crippen LogP contribution in [-0.2, 0) is 4.74 Å². The van der Waals surface area contributed by atoms with E-state index in [9.17, 15) is 0 Å². The smallest absolute Gasteiger partial charge is 0.199 e. The van der Waals surface area contributed by atoms with E-state index in [1.807, 2.05) is 11.9 Å². The minimum Gasteiger partial charge on any atom is -0.490 e. The SMILES string of the molecule is COc1c(Cl)ncnc1N(C)CC1CCCO1. The number of ether oxygens (including phenoxy) is 2. The predicted molar refractivity (Wildman–Crippen MR) is 65.8 cm³/mol. The minimum absolute atomic E-state index is 0.262. The summed E-state index contributed by atoms with van der Waals surface area (Å²) < 4.78 is 10.8. The molecular formula is C11H16ClN3O2. The lowest BCUT2D eigenvalue weighted by atomic mass is 10.2. The van der Waals surface area contributed by atoms with Gasteiger partial charge in [-0.3, -0.25) is 0 Å². The van der Waals surface area contributed by atoms with Crippen molar-refractivity contribution in [3.63, 3.8) is 0 Å². The van der Waals surface area contributed by atoms with Crippen LogP contribution in [0.15, 0.2) is 6.33 Å². The Morgan fingerprint density at radius 1 is 1.59 bits per heavy atom. The summed E-state index contributed by atoms with van der Waals surface area (Å²) in [5.41, 5.74) is 0. The highest BCUT2D eigenvalue weighted by Gasteiger charge is 2.21. The van der Waals surface area contributed by atoms with Gasteiger partial charge in [-0.15, -0.1) is 0 Å². The second-order valence-electron chi connectivity index (χ2n) is 4.04. The lowest BCUT2D eigenvalue weighted by Crippen LogP contribution is -2.29. The molecule has 0 aromatic carbocycles. The molecule has 1 aromatic rings. The predicted octanol–water partition coefficient (Wildman–Crippen LogP) is 1.75. The zero-order chi connectivity index (χ0) is 12.3. The zero-order valence-corrected chi connectivity index (χ0v) is 10.8. The van der Waals surface area contributed by atoms with Gasteiger partial charge in [-0.1, -0.05) is 11.6 Å². The summed E-state index contributed by atoms with van der Waals surface area (Å²) >= 11 is 5.96. The van der Waals surface area contributed by atoms with Crippen LogP contribution in [0.4, 0.5) is 5.82 Å². The lowest BCUT2D eigenvalue weighted by Gasteiger charge is -2.23. The van der Waals surface area contributed by atoms with Gasteiger partial charge in [-0.2, -0.15) is 0 Å². The highest BCUT2D eigenvalue weighted by atomic mass is 35.5. The number of rotatable bonds is 4. The van der Waals surface area contributed by atoms with Gasteiger partial charge in [-0.25, -0.2) is 9.97 Å². The summed E-state index contributed by atoms with van der Waals surface area (Å²) in [5.74, 6) is 1.21. The van der Waals surface area contributed by atoms with Crippen molar-refractivity contribution in [1.82, 2.24) is 9.97 Å². The van der Waals surface area contributed by atoms with E-state index >= 15 is 0 Å². The molecule has 0 aliphatic carbocycles. The third-order valence-electron chi connectivity index (χ3n) is 2.81. The van der Waals surface area contributed by atoms with Crippen molar-refractivity contribution in [2.24, 2.45) is 0 Å². The lowest BCUT2D eigenvalue weighted by molar-refractivity contribution is 0.116. The minimum atomic E-state index is 0.262. The van der Waals surface area contributed by atoms with Gasteiger partial charge in [0.15, 0.2) is 16.7 Å². The maximum Gasteiger partial charge on any atom is 0.199 e. The van der Waals surface area contributed by atoms with Crippen LogP contribution in [0.1, 0.15) is 12.8 Å². The van der Waals surface area contributed by atoms with Crippen LogP contribution in [-0.4, -0.2) is 43.4 Å². The van der Waals surface area contributed by atoms with E-state index in [2.05, 4.69) is 9.97 Å². The van der Waals surface area contributed by atoms with Gasteiger partial charge < -0.3 is 14.4 Å². The number of halogens is 1. The molecule has 1 aromatic heterocycles. The Morgan fingerprint density at radius 3 is 3.06 bits per heavy atom. The molecular weight excluding hydrogens is 242 g/mol. The van der Waals surface area contributed by atoms with Crippen LogP contribution < -0.4 is 9.64 Å². The second kappa shape index (κ2) is 5.51. The Balaban J connectivity index is 2.12. The van der Waals surface area contributed by atoms with Crippen LogP contribution >= 0.6 is 11.6 Å². The van der Waals surface area contributed by atoms with Gasteiger partial charge in [0.1, 0.15) is 6.33 Å². The van der Waals surface area contributed by atoms with E-state index in [0.29, 0.717) is 16.7 Å². The molecule has 6 heteroatoms. The number of methoxy groups -OCH3 is 1. The first-order chi connectivity index (χ1) is 8.22. The number of nitrogens with zero attached hydrogens (tertiary/aromatic N) is 3. The number of hydrogen-bond acceptors (Lipinski definition) is 5. The summed E-state index contributed by atoms with van der Waals surface area (Å²) in [5, 5.41) is 0.330. The Bertz CT molecular complexity index is 383. The Morgan fingerprint density at radius 2 is 2.41 bits per heavy atom.